The molecule has 1 aromatic carbocycles. The minimum Gasteiger partial charge on any atom is -0.343 e. The number of amides is 1. The molecule has 0 radical (unpaired) electrons. The molecule has 0 atom stereocenters. The van der Waals surface area contributed by atoms with E-state index in [9.17, 15) is 30.8 Å². The molecule has 0 heterocycles. The van der Waals surface area contributed by atoms with E-state index in [0.29, 0.717) is 0 Å². The van der Waals surface area contributed by atoms with Crippen molar-refractivity contribution in [1.29, 1.82) is 0 Å². The maximum absolute atomic E-state index is 13.8. The lowest BCUT2D eigenvalue weighted by molar-refractivity contribution is -0.123. The van der Waals surface area contributed by atoms with Gasteiger partial charge in [-0.05, 0) is 12.1 Å². The van der Waals surface area contributed by atoms with Gasteiger partial charge in [-0.1, -0.05) is 15.9 Å². The zero-order valence-corrected chi connectivity index (χ0v) is 12.4. The molecule has 4 nitrogen and oxygen atoms in total. The van der Waals surface area contributed by atoms with Gasteiger partial charge < -0.3 is 5.32 Å². The van der Waals surface area contributed by atoms with Crippen LogP contribution in [0.4, 0.5) is 17.6 Å². The molecule has 1 rings (SSSR count). The van der Waals surface area contributed by atoms with Gasteiger partial charge >= 0.3 is 6.18 Å². The molecule has 0 aliphatic rings. The number of benzene rings is 1. The molecule has 0 fully saturated rings. The van der Waals surface area contributed by atoms with Crippen LogP contribution in [0.3, 0.4) is 0 Å². The Labute approximate surface area is 123 Å². The van der Waals surface area contributed by atoms with Gasteiger partial charge in [-0.3, -0.25) is 4.79 Å². The molecule has 0 aromatic heterocycles. The molecular formula is C9H5BrClF4NO3S. The van der Waals surface area contributed by atoms with Crippen LogP contribution in [0, 0.1) is 5.82 Å². The van der Waals surface area contributed by atoms with Crippen molar-refractivity contribution in [3.05, 3.63) is 28.0 Å². The number of carbonyl (C=O) groups is 1. The Bertz CT molecular complexity index is 647. The maximum atomic E-state index is 13.8. The summed E-state index contributed by atoms with van der Waals surface area (Å²) >= 11 is 2.81. The second-order valence-electron chi connectivity index (χ2n) is 3.50. The largest absolute Gasteiger partial charge is 0.405 e. The van der Waals surface area contributed by atoms with Crippen LogP contribution >= 0.6 is 26.6 Å². The SMILES string of the molecule is O=C(NCC(F)(F)F)c1cc(Br)cc(S(=O)(=O)Cl)c1F. The number of rotatable bonds is 3. The van der Waals surface area contributed by atoms with Crippen LogP contribution in [0.1, 0.15) is 10.4 Å². The van der Waals surface area contributed by atoms with E-state index in [-0.39, 0.29) is 4.47 Å². The zero-order valence-electron chi connectivity index (χ0n) is 9.26. The van der Waals surface area contributed by atoms with Crippen molar-refractivity contribution in [3.63, 3.8) is 0 Å². The Kier molecular flexibility index (Phi) is 5.03. The number of carbonyl (C=O) groups excluding carboxylic acids is 1. The predicted molar refractivity (Wildman–Crippen MR) is 65.5 cm³/mol. The lowest BCUT2D eigenvalue weighted by atomic mass is 10.2. The lowest BCUT2D eigenvalue weighted by Gasteiger charge is -2.10. The fraction of sp³-hybridized carbons (Fsp3) is 0.222. The van der Waals surface area contributed by atoms with Crippen LogP contribution in [0.15, 0.2) is 21.5 Å². The average molecular weight is 399 g/mol. The first-order valence-electron chi connectivity index (χ1n) is 4.70. The molecular weight excluding hydrogens is 394 g/mol. The highest BCUT2D eigenvalue weighted by Crippen LogP contribution is 2.26. The molecule has 112 valence electrons. The van der Waals surface area contributed by atoms with Gasteiger partial charge in [-0.25, -0.2) is 12.8 Å². The minimum absolute atomic E-state index is 0.0321. The molecule has 0 aliphatic heterocycles. The molecule has 0 bridgehead atoms. The number of alkyl halides is 3. The fourth-order valence-corrected chi connectivity index (χ4v) is 2.72. The van der Waals surface area contributed by atoms with E-state index in [4.69, 9.17) is 10.7 Å². The van der Waals surface area contributed by atoms with Crippen LogP contribution in [0.5, 0.6) is 0 Å². The van der Waals surface area contributed by atoms with Gasteiger partial charge in [0.25, 0.3) is 15.0 Å². The van der Waals surface area contributed by atoms with Gasteiger partial charge in [0.05, 0.1) is 5.56 Å². The Balaban J connectivity index is 3.20. The summed E-state index contributed by atoms with van der Waals surface area (Å²) in [7, 11) is 0.471. The van der Waals surface area contributed by atoms with Gasteiger partial charge in [-0.15, -0.1) is 0 Å². The third-order valence-electron chi connectivity index (χ3n) is 1.96. The smallest absolute Gasteiger partial charge is 0.343 e. The fourth-order valence-electron chi connectivity index (χ4n) is 1.18. The van der Waals surface area contributed by atoms with Crippen LogP contribution in [0.25, 0.3) is 0 Å². The van der Waals surface area contributed by atoms with Crippen LogP contribution < -0.4 is 5.32 Å². The molecule has 0 saturated carbocycles. The van der Waals surface area contributed by atoms with Crippen LogP contribution in [0.2, 0.25) is 0 Å². The standard InChI is InChI=1S/C9H5BrClF4NO3S/c10-4-1-5(8(17)16-3-9(13,14)15)7(12)6(2-4)20(11,18)19/h1-2H,3H2,(H,16,17). The van der Waals surface area contributed by atoms with Crippen LogP contribution in [-0.4, -0.2) is 27.0 Å². The number of hydrogen-bond acceptors (Lipinski definition) is 3. The minimum atomic E-state index is -4.68. The van der Waals surface area contributed by atoms with E-state index >= 15 is 0 Å². The first-order chi connectivity index (χ1) is 8.92. The quantitative estimate of drug-likeness (QED) is 0.629. The van der Waals surface area contributed by atoms with E-state index in [1.807, 2.05) is 0 Å². The summed E-state index contributed by atoms with van der Waals surface area (Å²) in [6.07, 6.45) is -4.68. The molecule has 1 N–H and O–H groups in total. The van der Waals surface area contributed by atoms with E-state index in [0.717, 1.165) is 12.1 Å². The van der Waals surface area contributed by atoms with Crippen LogP contribution in [-0.2, 0) is 9.05 Å². The molecule has 0 spiro atoms. The monoisotopic (exact) mass is 397 g/mol. The summed E-state index contributed by atoms with van der Waals surface area (Å²) in [6.45, 7) is -1.68. The number of halogens is 6. The summed E-state index contributed by atoms with van der Waals surface area (Å²) in [5.41, 5.74) is -0.872. The highest BCUT2D eigenvalue weighted by molar-refractivity contribution is 9.10. The lowest BCUT2D eigenvalue weighted by Crippen LogP contribution is -2.34. The van der Waals surface area contributed by atoms with E-state index in [1.54, 1.807) is 0 Å². The summed E-state index contributed by atoms with van der Waals surface area (Å²) in [5.74, 6) is -2.94. The van der Waals surface area contributed by atoms with Crippen molar-refractivity contribution in [2.24, 2.45) is 0 Å². The average Bonchev–Trinajstić information content (AvgIpc) is 2.26. The van der Waals surface area contributed by atoms with Crippen molar-refractivity contribution in [2.45, 2.75) is 11.1 Å². The first kappa shape index (κ1) is 17.2. The van der Waals surface area contributed by atoms with Crippen molar-refractivity contribution >= 4 is 41.6 Å². The van der Waals surface area contributed by atoms with Crippen molar-refractivity contribution < 1.29 is 30.8 Å². The summed E-state index contributed by atoms with van der Waals surface area (Å²) < 4.78 is 71.8. The first-order valence-corrected chi connectivity index (χ1v) is 7.80. The molecule has 1 aromatic rings. The maximum Gasteiger partial charge on any atom is 0.405 e. The van der Waals surface area contributed by atoms with E-state index in [2.05, 4.69) is 15.9 Å². The van der Waals surface area contributed by atoms with E-state index < -0.39 is 44.0 Å². The second-order valence-corrected chi connectivity index (χ2v) is 6.95. The molecule has 11 heteroatoms. The Morgan fingerprint density at radius 2 is 1.90 bits per heavy atom. The molecule has 0 aliphatic carbocycles. The number of hydrogen-bond donors (Lipinski definition) is 1. The Morgan fingerprint density at radius 3 is 2.35 bits per heavy atom. The highest BCUT2D eigenvalue weighted by atomic mass is 79.9. The van der Waals surface area contributed by atoms with Gasteiger partial charge in [0.15, 0.2) is 5.82 Å². The number of nitrogens with one attached hydrogen (secondary N) is 1. The third-order valence-corrected chi connectivity index (χ3v) is 3.74. The molecule has 20 heavy (non-hydrogen) atoms. The molecule has 0 unspecified atom stereocenters. The molecule has 0 saturated heterocycles. The van der Waals surface area contributed by atoms with Gasteiger partial charge in [0.2, 0.25) is 0 Å². The van der Waals surface area contributed by atoms with Gasteiger partial charge in [0.1, 0.15) is 11.4 Å². The predicted octanol–water partition coefficient (Wildman–Crippen LogP) is 2.81. The van der Waals surface area contributed by atoms with Crippen molar-refractivity contribution in [2.75, 3.05) is 6.54 Å². The summed E-state index contributed by atoms with van der Waals surface area (Å²) in [5, 5.41) is 1.42. The van der Waals surface area contributed by atoms with Gasteiger partial charge in [-0.2, -0.15) is 13.2 Å². The molecule has 1 amide bonds. The van der Waals surface area contributed by atoms with Crippen molar-refractivity contribution in [3.8, 4) is 0 Å². The topological polar surface area (TPSA) is 63.2 Å². The third kappa shape index (κ3) is 4.60. The van der Waals surface area contributed by atoms with Gasteiger partial charge in [0, 0.05) is 15.2 Å². The van der Waals surface area contributed by atoms with E-state index in [1.165, 1.54) is 5.32 Å². The Morgan fingerprint density at radius 1 is 1.35 bits per heavy atom. The summed E-state index contributed by atoms with van der Waals surface area (Å²) in [4.78, 5) is 10.4. The summed E-state index contributed by atoms with van der Waals surface area (Å²) in [6, 6.07) is 1.63. The van der Waals surface area contributed by atoms with Crippen molar-refractivity contribution in [1.82, 2.24) is 5.32 Å². The Hall–Kier alpha value is -0.870. The highest BCUT2D eigenvalue weighted by Gasteiger charge is 2.29. The normalized spacial score (nSPS) is 12.3. The second kappa shape index (κ2) is 5.86. The zero-order chi connectivity index (χ0) is 15.7.